The molecule has 3 unspecified atom stereocenters. The molecule has 0 N–H and O–H groups in total. The van der Waals surface area contributed by atoms with Gasteiger partial charge in [0.15, 0.2) is 12.8 Å². The van der Waals surface area contributed by atoms with Crippen molar-refractivity contribution in [2.24, 2.45) is 10.9 Å². The Hall–Kier alpha value is -3.42. The molecule has 2 aliphatic heterocycles. The summed E-state index contributed by atoms with van der Waals surface area (Å²) in [4.78, 5) is 29.3. The summed E-state index contributed by atoms with van der Waals surface area (Å²) < 4.78 is 31.8. The van der Waals surface area contributed by atoms with Crippen molar-refractivity contribution in [3.8, 4) is 0 Å². The summed E-state index contributed by atoms with van der Waals surface area (Å²) in [6.45, 7) is 2.66. The molecule has 5 rings (SSSR count). The molecule has 8 heteroatoms. The van der Waals surface area contributed by atoms with Gasteiger partial charge in [-0.1, -0.05) is 50.2 Å². The number of nitrogens with zero attached hydrogens (tertiary/aromatic N) is 2. The second-order valence-electron chi connectivity index (χ2n) is 8.13. The van der Waals surface area contributed by atoms with Crippen molar-refractivity contribution >= 4 is 39.8 Å². The Balaban J connectivity index is 1.51. The molecule has 3 heterocycles. The van der Waals surface area contributed by atoms with Gasteiger partial charge in [0.1, 0.15) is 6.04 Å². The van der Waals surface area contributed by atoms with Crippen LogP contribution >= 0.6 is 0 Å². The first kappa shape index (κ1) is 19.5. The lowest BCUT2D eigenvalue weighted by Crippen LogP contribution is -2.43. The van der Waals surface area contributed by atoms with Crippen LogP contribution in [0.5, 0.6) is 0 Å². The van der Waals surface area contributed by atoms with Gasteiger partial charge in [0.2, 0.25) is 5.90 Å². The second-order valence-corrected chi connectivity index (χ2v) is 8.13. The molecular formula is C23H21FN2O5. The Bertz CT molecular complexity index is 1180. The number of aliphatic imine (C=N–C) groups is 1. The molecule has 2 aromatic carbocycles. The monoisotopic (exact) mass is 424 g/mol. The zero-order valence-electron chi connectivity index (χ0n) is 17.1. The number of carbonyl (C=O) groups is 2. The molecule has 1 saturated heterocycles. The van der Waals surface area contributed by atoms with E-state index in [4.69, 9.17) is 14.2 Å². The predicted molar refractivity (Wildman–Crippen MR) is 112 cm³/mol. The van der Waals surface area contributed by atoms with Crippen LogP contribution in [0.1, 0.15) is 20.3 Å². The number of hydrogen-bond acceptors (Lipinski definition) is 6. The van der Waals surface area contributed by atoms with Crippen molar-refractivity contribution in [2.45, 2.75) is 38.2 Å². The normalized spacial score (nSPS) is 23.5. The van der Waals surface area contributed by atoms with Crippen LogP contribution in [0.4, 0.5) is 9.18 Å². The fourth-order valence-corrected chi connectivity index (χ4v) is 4.23. The maximum absolute atomic E-state index is 13.7. The van der Waals surface area contributed by atoms with Crippen LogP contribution in [0.15, 0.2) is 53.5 Å². The van der Waals surface area contributed by atoms with Crippen molar-refractivity contribution in [3.05, 3.63) is 48.5 Å². The number of benzene rings is 2. The van der Waals surface area contributed by atoms with Gasteiger partial charge in [-0.15, -0.1) is 0 Å². The van der Waals surface area contributed by atoms with E-state index in [1.54, 1.807) is 0 Å². The summed E-state index contributed by atoms with van der Waals surface area (Å²) in [6.07, 6.45) is -1.52. The number of ether oxygens (including phenoxy) is 3. The number of para-hydroxylation sites is 2. The summed E-state index contributed by atoms with van der Waals surface area (Å²) >= 11 is 0. The minimum Gasteiger partial charge on any atom is -0.435 e. The molecule has 31 heavy (non-hydrogen) atoms. The summed E-state index contributed by atoms with van der Waals surface area (Å²) in [6, 6.07) is 14.4. The molecule has 7 nitrogen and oxygen atoms in total. The van der Waals surface area contributed by atoms with E-state index in [0.717, 1.165) is 21.8 Å². The zero-order valence-corrected chi connectivity index (χ0v) is 17.1. The molecule has 0 aliphatic carbocycles. The van der Waals surface area contributed by atoms with Crippen LogP contribution in [0.2, 0.25) is 0 Å². The van der Waals surface area contributed by atoms with Crippen LogP contribution in [0.25, 0.3) is 21.8 Å². The highest BCUT2D eigenvalue weighted by molar-refractivity contribution is 6.12. The van der Waals surface area contributed by atoms with Crippen molar-refractivity contribution < 1.29 is 28.2 Å². The van der Waals surface area contributed by atoms with Gasteiger partial charge in [0.05, 0.1) is 17.5 Å². The third kappa shape index (κ3) is 2.97. The van der Waals surface area contributed by atoms with E-state index in [0.29, 0.717) is 0 Å². The maximum atomic E-state index is 13.7. The number of alkyl halides is 1. The largest absolute Gasteiger partial charge is 0.435 e. The molecule has 0 saturated carbocycles. The van der Waals surface area contributed by atoms with Gasteiger partial charge in [-0.05, 0) is 18.1 Å². The third-order valence-corrected chi connectivity index (χ3v) is 5.74. The molecule has 0 spiro atoms. The van der Waals surface area contributed by atoms with E-state index in [2.05, 4.69) is 4.99 Å². The number of aromatic nitrogens is 1. The average Bonchev–Trinajstić information content (AvgIpc) is 3.37. The molecule has 1 fully saturated rings. The summed E-state index contributed by atoms with van der Waals surface area (Å²) in [5, 5.41) is 1.87. The van der Waals surface area contributed by atoms with Gasteiger partial charge in [-0.3, -0.25) is 4.79 Å². The highest BCUT2D eigenvalue weighted by Crippen LogP contribution is 2.38. The lowest BCUT2D eigenvalue weighted by Gasteiger charge is -2.26. The van der Waals surface area contributed by atoms with Gasteiger partial charge in [0, 0.05) is 10.8 Å². The molecule has 160 valence electrons. The topological polar surface area (TPSA) is 79.1 Å². The maximum Gasteiger partial charge on any atom is 0.419 e. The summed E-state index contributed by atoms with van der Waals surface area (Å²) in [7, 11) is 0. The first-order valence-electron chi connectivity index (χ1n) is 10.2. The SMILES string of the molecule is CC(C)C(OC(=O)n1c2ccccc2c2ccccc21)C1=NC2CC(=O)OC2(CF)O1. The Labute approximate surface area is 177 Å². The van der Waals surface area contributed by atoms with Gasteiger partial charge in [0.25, 0.3) is 0 Å². The average molecular weight is 424 g/mol. The number of hydrogen-bond donors (Lipinski definition) is 0. The van der Waals surface area contributed by atoms with E-state index >= 15 is 0 Å². The van der Waals surface area contributed by atoms with Gasteiger partial charge >= 0.3 is 17.8 Å². The molecule has 0 radical (unpaired) electrons. The molecule has 0 bridgehead atoms. The summed E-state index contributed by atoms with van der Waals surface area (Å²) in [5.41, 5.74) is 1.44. The highest BCUT2D eigenvalue weighted by atomic mass is 19.1. The smallest absolute Gasteiger partial charge is 0.419 e. The standard InChI is InChI=1S/C23H21FN2O5/c1-13(2)20(21-25-18-11-19(27)30-23(18,12-24)31-21)29-22(28)26-16-9-5-3-7-14(16)15-8-4-6-10-17(15)26/h3-10,13,18,20H,11-12H2,1-2H3. The number of esters is 1. The Kier molecular flexibility index (Phi) is 4.46. The van der Waals surface area contributed by atoms with E-state index in [-0.39, 0.29) is 18.2 Å². The van der Waals surface area contributed by atoms with Crippen LogP contribution in [0, 0.1) is 5.92 Å². The Morgan fingerprint density at radius 3 is 2.32 bits per heavy atom. The van der Waals surface area contributed by atoms with E-state index in [1.165, 1.54) is 4.57 Å². The molecule has 3 aromatic rings. The Morgan fingerprint density at radius 2 is 1.77 bits per heavy atom. The highest BCUT2D eigenvalue weighted by Gasteiger charge is 2.58. The number of rotatable bonds is 4. The number of halogens is 1. The van der Waals surface area contributed by atoms with Crippen LogP contribution in [-0.2, 0) is 19.0 Å². The van der Waals surface area contributed by atoms with Crippen LogP contribution in [0.3, 0.4) is 0 Å². The minimum atomic E-state index is -1.75. The lowest BCUT2D eigenvalue weighted by molar-refractivity contribution is -0.186. The molecule has 0 amide bonds. The minimum absolute atomic E-state index is 0.0688. The summed E-state index contributed by atoms with van der Waals surface area (Å²) in [5.74, 6) is -2.45. The second kappa shape index (κ2) is 7.08. The zero-order chi connectivity index (χ0) is 21.8. The molecule has 2 aliphatic rings. The van der Waals surface area contributed by atoms with Gasteiger partial charge < -0.3 is 14.2 Å². The first-order valence-corrected chi connectivity index (χ1v) is 10.2. The van der Waals surface area contributed by atoms with E-state index in [9.17, 15) is 14.0 Å². The van der Waals surface area contributed by atoms with Crippen molar-refractivity contribution in [2.75, 3.05) is 6.67 Å². The van der Waals surface area contributed by atoms with Gasteiger partial charge in [-0.2, -0.15) is 0 Å². The Morgan fingerprint density at radius 1 is 1.16 bits per heavy atom. The van der Waals surface area contributed by atoms with Crippen LogP contribution in [-0.4, -0.2) is 47.1 Å². The number of fused-ring (bicyclic) bond motifs is 4. The van der Waals surface area contributed by atoms with E-state index in [1.807, 2.05) is 62.4 Å². The molecule has 3 atom stereocenters. The molecular weight excluding hydrogens is 403 g/mol. The van der Waals surface area contributed by atoms with Gasteiger partial charge in [-0.25, -0.2) is 18.7 Å². The van der Waals surface area contributed by atoms with E-state index < -0.39 is 36.7 Å². The van der Waals surface area contributed by atoms with Crippen molar-refractivity contribution in [1.29, 1.82) is 0 Å². The fourth-order valence-electron chi connectivity index (χ4n) is 4.23. The number of carbonyl (C=O) groups excluding carboxylic acids is 2. The third-order valence-electron chi connectivity index (χ3n) is 5.74. The fraction of sp³-hybridized carbons (Fsp3) is 0.348. The van der Waals surface area contributed by atoms with Crippen molar-refractivity contribution in [1.82, 2.24) is 4.57 Å². The predicted octanol–water partition coefficient (Wildman–Crippen LogP) is 4.21. The molecule has 1 aromatic heterocycles. The van der Waals surface area contributed by atoms with Crippen LogP contribution < -0.4 is 0 Å². The first-order chi connectivity index (χ1) is 14.9. The van der Waals surface area contributed by atoms with Crippen molar-refractivity contribution in [3.63, 3.8) is 0 Å². The quantitative estimate of drug-likeness (QED) is 0.586. The lowest BCUT2D eigenvalue weighted by atomic mass is 10.1.